The van der Waals surface area contributed by atoms with Crippen molar-refractivity contribution in [2.24, 2.45) is 0 Å². The molecule has 3 nitrogen and oxygen atoms in total. The Morgan fingerprint density at radius 2 is 2.10 bits per heavy atom. The molecule has 2 aromatic heterocycles. The molecule has 1 aliphatic carbocycles. The highest BCUT2D eigenvalue weighted by Crippen LogP contribution is 2.44. The van der Waals surface area contributed by atoms with Crippen LogP contribution in [0.15, 0.2) is 6.07 Å². The van der Waals surface area contributed by atoms with Crippen molar-refractivity contribution in [3.63, 3.8) is 0 Å². The van der Waals surface area contributed by atoms with Crippen molar-refractivity contribution in [2.75, 3.05) is 12.8 Å². The minimum Gasteiger partial charge on any atom is -0.465 e. The molecular formula is C16H19NO2S2. The third-order valence-corrected chi connectivity index (χ3v) is 6.64. The van der Waals surface area contributed by atoms with E-state index in [4.69, 9.17) is 10.5 Å². The van der Waals surface area contributed by atoms with E-state index < -0.39 is 0 Å². The number of esters is 1. The predicted molar refractivity (Wildman–Crippen MR) is 89.4 cm³/mol. The number of nitrogens with two attached hydrogens (primary N) is 1. The highest BCUT2D eigenvalue weighted by molar-refractivity contribution is 7.23. The number of nitrogen functional groups attached to an aromatic ring is 1. The van der Waals surface area contributed by atoms with Gasteiger partial charge in [-0.05, 0) is 49.3 Å². The SMILES string of the molecule is CCc1c(-c2cc3c(s2)CCCC3)sc(C(=O)OC)c1N. The fourth-order valence-electron chi connectivity index (χ4n) is 2.87. The van der Waals surface area contributed by atoms with Crippen LogP contribution >= 0.6 is 22.7 Å². The van der Waals surface area contributed by atoms with Gasteiger partial charge in [-0.1, -0.05) is 6.92 Å². The van der Waals surface area contributed by atoms with Gasteiger partial charge in [0.05, 0.1) is 17.7 Å². The summed E-state index contributed by atoms with van der Waals surface area (Å²) in [6, 6.07) is 2.30. The van der Waals surface area contributed by atoms with Gasteiger partial charge in [-0.15, -0.1) is 22.7 Å². The normalized spacial score (nSPS) is 14.0. The summed E-state index contributed by atoms with van der Waals surface area (Å²) in [5.74, 6) is -0.334. The smallest absolute Gasteiger partial charge is 0.350 e. The maximum absolute atomic E-state index is 11.9. The van der Waals surface area contributed by atoms with E-state index in [-0.39, 0.29) is 5.97 Å². The molecule has 0 saturated carbocycles. The Bertz CT molecular complexity index is 661. The molecule has 0 fully saturated rings. The first-order chi connectivity index (χ1) is 10.2. The molecule has 0 radical (unpaired) electrons. The molecule has 1 aliphatic rings. The summed E-state index contributed by atoms with van der Waals surface area (Å²) < 4.78 is 4.84. The summed E-state index contributed by atoms with van der Waals surface area (Å²) in [4.78, 5) is 16.3. The number of fused-ring (bicyclic) bond motifs is 1. The Labute approximate surface area is 132 Å². The third-order valence-electron chi connectivity index (χ3n) is 3.99. The van der Waals surface area contributed by atoms with Crippen LogP contribution in [0.5, 0.6) is 0 Å². The van der Waals surface area contributed by atoms with E-state index in [1.807, 2.05) is 11.3 Å². The van der Waals surface area contributed by atoms with Gasteiger partial charge < -0.3 is 10.5 Å². The van der Waals surface area contributed by atoms with E-state index in [1.165, 1.54) is 59.4 Å². The molecule has 3 rings (SSSR count). The van der Waals surface area contributed by atoms with Gasteiger partial charge in [-0.3, -0.25) is 0 Å². The van der Waals surface area contributed by atoms with Gasteiger partial charge in [-0.2, -0.15) is 0 Å². The standard InChI is InChI=1S/C16H19NO2S2/c1-3-10-13(17)15(16(18)19-2)21-14(10)12-8-9-6-4-5-7-11(9)20-12/h8H,3-7,17H2,1-2H3. The second-order valence-electron chi connectivity index (χ2n) is 5.26. The largest absolute Gasteiger partial charge is 0.465 e. The fraction of sp³-hybridized carbons (Fsp3) is 0.438. The molecule has 0 unspecified atom stereocenters. The molecule has 2 N–H and O–H groups in total. The second kappa shape index (κ2) is 5.81. The molecular weight excluding hydrogens is 302 g/mol. The number of hydrogen-bond acceptors (Lipinski definition) is 5. The minimum atomic E-state index is -0.334. The summed E-state index contributed by atoms with van der Waals surface area (Å²) in [7, 11) is 1.40. The first kappa shape index (κ1) is 14.6. The topological polar surface area (TPSA) is 52.3 Å². The Kier molecular flexibility index (Phi) is 4.04. The number of rotatable bonds is 3. The number of anilines is 1. The van der Waals surface area contributed by atoms with E-state index >= 15 is 0 Å². The van der Waals surface area contributed by atoms with Crippen LogP contribution in [-0.4, -0.2) is 13.1 Å². The molecule has 112 valence electrons. The van der Waals surface area contributed by atoms with Crippen molar-refractivity contribution in [3.05, 3.63) is 26.9 Å². The number of thiophene rings is 2. The average molecular weight is 321 g/mol. The molecule has 21 heavy (non-hydrogen) atoms. The van der Waals surface area contributed by atoms with Gasteiger partial charge in [0.2, 0.25) is 0 Å². The molecule has 0 spiro atoms. The Hall–Kier alpha value is -1.33. The van der Waals surface area contributed by atoms with Crippen LogP contribution in [0.4, 0.5) is 5.69 Å². The van der Waals surface area contributed by atoms with Crippen molar-refractivity contribution in [2.45, 2.75) is 39.0 Å². The maximum Gasteiger partial charge on any atom is 0.350 e. The molecule has 0 saturated heterocycles. The van der Waals surface area contributed by atoms with Crippen molar-refractivity contribution >= 4 is 34.3 Å². The lowest BCUT2D eigenvalue weighted by atomic mass is 9.99. The molecule has 0 amide bonds. The molecule has 2 heterocycles. The lowest BCUT2D eigenvalue weighted by Gasteiger charge is -2.08. The molecule has 0 bridgehead atoms. The molecule has 0 aliphatic heterocycles. The van der Waals surface area contributed by atoms with Gasteiger partial charge in [0, 0.05) is 9.75 Å². The monoisotopic (exact) mass is 321 g/mol. The summed E-state index contributed by atoms with van der Waals surface area (Å²) in [5, 5.41) is 0. The Morgan fingerprint density at radius 1 is 1.33 bits per heavy atom. The zero-order valence-corrected chi connectivity index (χ0v) is 14.0. The van der Waals surface area contributed by atoms with E-state index in [0.717, 1.165) is 16.9 Å². The van der Waals surface area contributed by atoms with Crippen LogP contribution in [0.2, 0.25) is 0 Å². The number of carbonyl (C=O) groups is 1. The van der Waals surface area contributed by atoms with Crippen LogP contribution in [-0.2, 0) is 24.0 Å². The molecule has 0 aromatic carbocycles. The number of ether oxygens (including phenoxy) is 1. The van der Waals surface area contributed by atoms with Gasteiger partial charge in [0.1, 0.15) is 4.88 Å². The van der Waals surface area contributed by atoms with Crippen molar-refractivity contribution < 1.29 is 9.53 Å². The molecule has 2 aromatic rings. The average Bonchev–Trinajstić information content (AvgIpc) is 3.06. The van der Waals surface area contributed by atoms with Gasteiger partial charge >= 0.3 is 5.97 Å². The van der Waals surface area contributed by atoms with Gasteiger partial charge in [0.15, 0.2) is 0 Å². The highest BCUT2D eigenvalue weighted by Gasteiger charge is 2.23. The van der Waals surface area contributed by atoms with Crippen LogP contribution in [0.25, 0.3) is 9.75 Å². The van der Waals surface area contributed by atoms with Crippen LogP contribution in [0.1, 0.15) is 45.4 Å². The van der Waals surface area contributed by atoms with Gasteiger partial charge in [-0.25, -0.2) is 4.79 Å². The number of methoxy groups -OCH3 is 1. The molecule has 0 atom stereocenters. The van der Waals surface area contributed by atoms with Crippen LogP contribution in [0.3, 0.4) is 0 Å². The lowest BCUT2D eigenvalue weighted by molar-refractivity contribution is 0.0607. The van der Waals surface area contributed by atoms with E-state index in [0.29, 0.717) is 10.6 Å². The number of hydrogen-bond donors (Lipinski definition) is 1. The fourth-order valence-corrected chi connectivity index (χ4v) is 5.49. The predicted octanol–water partition coefficient (Wildman–Crippen LogP) is 4.29. The van der Waals surface area contributed by atoms with E-state index in [2.05, 4.69) is 13.0 Å². The highest BCUT2D eigenvalue weighted by atomic mass is 32.1. The zero-order chi connectivity index (χ0) is 15.0. The van der Waals surface area contributed by atoms with E-state index in [9.17, 15) is 4.79 Å². The maximum atomic E-state index is 11.9. The Morgan fingerprint density at radius 3 is 2.76 bits per heavy atom. The van der Waals surface area contributed by atoms with Crippen molar-refractivity contribution in [1.82, 2.24) is 0 Å². The summed E-state index contributed by atoms with van der Waals surface area (Å²) in [6.45, 7) is 2.08. The molecule has 5 heteroatoms. The first-order valence-corrected chi connectivity index (χ1v) is 8.90. The van der Waals surface area contributed by atoms with Gasteiger partial charge in [0.25, 0.3) is 0 Å². The second-order valence-corrected chi connectivity index (χ2v) is 7.42. The quantitative estimate of drug-likeness (QED) is 0.858. The van der Waals surface area contributed by atoms with Crippen LogP contribution < -0.4 is 5.73 Å². The Balaban J connectivity index is 2.09. The minimum absolute atomic E-state index is 0.334. The third kappa shape index (κ3) is 2.49. The summed E-state index contributed by atoms with van der Waals surface area (Å²) in [6.07, 6.45) is 5.76. The zero-order valence-electron chi connectivity index (χ0n) is 12.3. The number of aryl methyl sites for hydroxylation is 2. The van der Waals surface area contributed by atoms with E-state index in [1.54, 1.807) is 0 Å². The lowest BCUT2D eigenvalue weighted by Crippen LogP contribution is -2.02. The van der Waals surface area contributed by atoms with Crippen molar-refractivity contribution in [3.8, 4) is 9.75 Å². The van der Waals surface area contributed by atoms with Crippen molar-refractivity contribution in [1.29, 1.82) is 0 Å². The number of carbonyl (C=O) groups excluding carboxylic acids is 1. The summed E-state index contributed by atoms with van der Waals surface area (Å²) >= 11 is 3.33. The van der Waals surface area contributed by atoms with Crippen LogP contribution in [0, 0.1) is 0 Å². The summed E-state index contributed by atoms with van der Waals surface area (Å²) in [5.41, 5.74) is 9.32. The first-order valence-electron chi connectivity index (χ1n) is 7.27.